The molecule has 0 aliphatic carbocycles. The summed E-state index contributed by atoms with van der Waals surface area (Å²) in [5.41, 5.74) is 0. The van der Waals surface area contributed by atoms with Gasteiger partial charge in [-0.2, -0.15) is 8.42 Å². The van der Waals surface area contributed by atoms with Gasteiger partial charge in [-0.05, 0) is 0 Å². The third-order valence-corrected chi connectivity index (χ3v) is 4.74. The third-order valence-electron chi connectivity index (χ3n) is 4.28. The molecule has 14 nitrogen and oxygen atoms in total. The number of aliphatic hydroxyl groups is 7. The fourth-order valence-electron chi connectivity index (χ4n) is 2.86. The summed E-state index contributed by atoms with van der Waals surface area (Å²) >= 11 is 0. The van der Waals surface area contributed by atoms with Gasteiger partial charge in [0.15, 0.2) is 12.4 Å². The maximum absolute atomic E-state index is 11.0. The predicted octanol–water partition coefficient (Wildman–Crippen LogP) is -5.57. The smallest absolute Gasteiger partial charge is 0.394 e. The number of hydrogen-bond donors (Lipinski definition) is 8. The van der Waals surface area contributed by atoms with E-state index in [4.69, 9.17) is 23.9 Å². The van der Waals surface area contributed by atoms with Gasteiger partial charge in [0.2, 0.25) is 5.79 Å². The first-order valence-corrected chi connectivity index (χ1v) is 9.07. The molecule has 160 valence electrons. The second-order valence-corrected chi connectivity index (χ2v) is 7.11. The molecule has 2 aliphatic rings. The van der Waals surface area contributed by atoms with Crippen molar-refractivity contribution in [2.24, 2.45) is 0 Å². The van der Waals surface area contributed by atoms with Crippen LogP contribution >= 0.6 is 0 Å². The highest BCUT2D eigenvalue weighted by Crippen LogP contribution is 2.36. The minimum Gasteiger partial charge on any atom is -0.394 e. The van der Waals surface area contributed by atoms with Crippen LogP contribution in [0.5, 0.6) is 0 Å². The fraction of sp³-hybridized carbons (Fsp3) is 1.00. The van der Waals surface area contributed by atoms with Crippen LogP contribution in [0.3, 0.4) is 0 Å². The highest BCUT2D eigenvalue weighted by atomic mass is 32.3. The highest BCUT2D eigenvalue weighted by Gasteiger charge is 2.59. The molecule has 0 amide bonds. The van der Waals surface area contributed by atoms with E-state index in [9.17, 15) is 39.1 Å². The van der Waals surface area contributed by atoms with E-state index in [1.165, 1.54) is 0 Å². The van der Waals surface area contributed by atoms with Gasteiger partial charge in [0.05, 0.1) is 13.2 Å². The molecule has 0 radical (unpaired) electrons. The number of hydrogen-bond acceptors (Lipinski definition) is 13. The summed E-state index contributed by atoms with van der Waals surface area (Å²) < 4.78 is 50.6. The summed E-state index contributed by atoms with van der Waals surface area (Å²) in [7, 11) is -5.19. The van der Waals surface area contributed by atoms with E-state index in [-0.39, 0.29) is 0 Å². The monoisotopic (exact) mass is 422 g/mol. The Bertz CT molecular complexity index is 599. The second kappa shape index (κ2) is 8.46. The van der Waals surface area contributed by atoms with Crippen LogP contribution < -0.4 is 0 Å². The van der Waals surface area contributed by atoms with Crippen LogP contribution in [0.25, 0.3) is 0 Å². The lowest BCUT2D eigenvalue weighted by Crippen LogP contribution is -2.63. The van der Waals surface area contributed by atoms with E-state index in [0.29, 0.717) is 0 Å². The largest absolute Gasteiger partial charge is 0.397 e. The number of ether oxygens (including phenoxy) is 3. The van der Waals surface area contributed by atoms with Crippen molar-refractivity contribution >= 4 is 10.4 Å². The van der Waals surface area contributed by atoms with Crippen molar-refractivity contribution in [2.45, 2.75) is 54.8 Å². The van der Waals surface area contributed by atoms with E-state index in [1.807, 2.05) is 0 Å². The van der Waals surface area contributed by atoms with Crippen molar-refractivity contribution in [2.75, 3.05) is 19.8 Å². The summed E-state index contributed by atoms with van der Waals surface area (Å²) in [5.74, 6) is -2.44. The van der Waals surface area contributed by atoms with Crippen LogP contribution in [0.15, 0.2) is 0 Å². The van der Waals surface area contributed by atoms with E-state index in [2.05, 4.69) is 4.18 Å². The van der Waals surface area contributed by atoms with Crippen molar-refractivity contribution in [3.8, 4) is 0 Å². The van der Waals surface area contributed by atoms with Crippen molar-refractivity contribution in [3.63, 3.8) is 0 Å². The van der Waals surface area contributed by atoms with Crippen LogP contribution in [0.1, 0.15) is 0 Å². The van der Waals surface area contributed by atoms with Crippen molar-refractivity contribution in [3.05, 3.63) is 0 Å². The first kappa shape index (κ1) is 22.8. The summed E-state index contributed by atoms with van der Waals surface area (Å²) in [4.78, 5) is 0. The summed E-state index contributed by atoms with van der Waals surface area (Å²) in [6.45, 7) is -2.75. The fourth-order valence-corrected chi connectivity index (χ4v) is 3.35. The lowest BCUT2D eigenvalue weighted by Gasteiger charge is -2.44. The zero-order valence-corrected chi connectivity index (χ0v) is 14.5. The summed E-state index contributed by atoms with van der Waals surface area (Å²) in [6.07, 6.45) is -14.6. The Morgan fingerprint density at radius 3 is 1.96 bits per heavy atom. The lowest BCUT2D eigenvalue weighted by atomic mass is 9.99. The predicted molar refractivity (Wildman–Crippen MR) is 79.1 cm³/mol. The van der Waals surface area contributed by atoms with Gasteiger partial charge in [0.25, 0.3) is 0 Å². The van der Waals surface area contributed by atoms with Gasteiger partial charge in [0, 0.05) is 0 Å². The standard InChI is InChI=1S/C12H22O14S/c13-1-4-6(16)8(18)9(26-27(20,21)22)11(23-4)25-12(3-15)10(19)7(17)5(2-14)24-12/h4-11,13-19H,1-3H2,(H,20,21,22)/t4-,5-,6-,7-,8+,9-,10+,11-,12-/m1/s1. The van der Waals surface area contributed by atoms with Crippen LogP contribution in [-0.2, 0) is 28.8 Å². The zero-order valence-electron chi connectivity index (χ0n) is 13.7. The van der Waals surface area contributed by atoms with Gasteiger partial charge >= 0.3 is 10.4 Å². The lowest BCUT2D eigenvalue weighted by molar-refractivity contribution is -0.380. The van der Waals surface area contributed by atoms with E-state index in [0.717, 1.165) is 0 Å². The highest BCUT2D eigenvalue weighted by molar-refractivity contribution is 7.80. The molecule has 0 aromatic heterocycles. The topological polar surface area (TPSA) is 233 Å². The molecule has 2 aliphatic heterocycles. The number of aliphatic hydroxyl groups excluding tert-OH is 7. The molecule has 2 saturated heterocycles. The molecule has 0 saturated carbocycles. The van der Waals surface area contributed by atoms with Crippen molar-refractivity contribution < 1.29 is 67.1 Å². The van der Waals surface area contributed by atoms with Gasteiger partial charge in [-0.25, -0.2) is 4.18 Å². The number of rotatable bonds is 7. The Kier molecular flexibility index (Phi) is 7.13. The first-order valence-electron chi connectivity index (χ1n) is 7.71. The first-order chi connectivity index (χ1) is 12.5. The molecule has 27 heavy (non-hydrogen) atoms. The molecule has 2 heterocycles. The van der Waals surface area contributed by atoms with Gasteiger partial charge in [0.1, 0.15) is 43.2 Å². The molecule has 0 bridgehead atoms. The average molecular weight is 422 g/mol. The molecular formula is C12H22O14S. The summed E-state index contributed by atoms with van der Waals surface area (Å²) in [5, 5.41) is 67.7. The molecule has 0 aromatic rings. The van der Waals surface area contributed by atoms with Crippen LogP contribution in [0, 0.1) is 0 Å². The van der Waals surface area contributed by atoms with E-state index >= 15 is 0 Å². The SMILES string of the molecule is O=S(=O)(O)O[C@H]1[C@@H](O[C@@]2(CO)O[C@H](CO)[C@@H](O)[C@@H]2O)O[C@H](CO)[C@@H](O)[C@@H]1O. The molecule has 9 atom stereocenters. The zero-order chi connectivity index (χ0) is 20.6. The van der Waals surface area contributed by atoms with Crippen molar-refractivity contribution in [1.29, 1.82) is 0 Å². The average Bonchev–Trinajstić information content (AvgIpc) is 2.85. The maximum atomic E-state index is 11.0. The van der Waals surface area contributed by atoms with Crippen LogP contribution in [0.2, 0.25) is 0 Å². The maximum Gasteiger partial charge on any atom is 0.397 e. The Hall–Kier alpha value is -0.530. The van der Waals surface area contributed by atoms with Gasteiger partial charge < -0.3 is 50.0 Å². The Balaban J connectivity index is 2.33. The molecule has 2 fully saturated rings. The molecule has 0 spiro atoms. The Morgan fingerprint density at radius 1 is 0.926 bits per heavy atom. The quantitative estimate of drug-likeness (QED) is 0.179. The van der Waals surface area contributed by atoms with E-state index in [1.54, 1.807) is 0 Å². The third kappa shape index (κ3) is 4.56. The molecule has 0 aromatic carbocycles. The minimum atomic E-state index is -5.19. The van der Waals surface area contributed by atoms with Gasteiger partial charge in [-0.15, -0.1) is 0 Å². The molecule has 15 heteroatoms. The van der Waals surface area contributed by atoms with E-state index < -0.39 is 85.0 Å². The van der Waals surface area contributed by atoms with Crippen molar-refractivity contribution in [1.82, 2.24) is 0 Å². The minimum absolute atomic E-state index is 0.777. The van der Waals surface area contributed by atoms with Gasteiger partial charge in [-0.3, -0.25) is 4.55 Å². The van der Waals surface area contributed by atoms with Crippen LogP contribution in [0.4, 0.5) is 0 Å². The van der Waals surface area contributed by atoms with Crippen LogP contribution in [-0.4, -0.2) is 123 Å². The second-order valence-electron chi connectivity index (χ2n) is 6.06. The molecule has 8 N–H and O–H groups in total. The Labute approximate surface area is 153 Å². The van der Waals surface area contributed by atoms with Gasteiger partial charge in [-0.1, -0.05) is 0 Å². The molecule has 2 rings (SSSR count). The Morgan fingerprint density at radius 2 is 1.52 bits per heavy atom. The molecule has 0 unspecified atom stereocenters. The molecular weight excluding hydrogens is 400 g/mol. The normalized spacial score (nSPS) is 45.9. The summed E-state index contributed by atoms with van der Waals surface area (Å²) in [6, 6.07) is 0.